The largest absolute Gasteiger partial charge is 0.496 e. The average molecular weight is 237 g/mol. The van der Waals surface area contributed by atoms with Crippen molar-refractivity contribution >= 4 is 0 Å². The van der Waals surface area contributed by atoms with Gasteiger partial charge in [-0.1, -0.05) is 13.0 Å². The summed E-state index contributed by atoms with van der Waals surface area (Å²) in [6, 6.07) is 4.08. The van der Waals surface area contributed by atoms with E-state index >= 15 is 0 Å². The lowest BCUT2D eigenvalue weighted by atomic mass is 9.96. The van der Waals surface area contributed by atoms with Gasteiger partial charge >= 0.3 is 0 Å². The van der Waals surface area contributed by atoms with E-state index in [2.05, 4.69) is 13.0 Å². The Hall–Kier alpha value is -1.22. The Morgan fingerprint density at radius 1 is 1.24 bits per heavy atom. The average Bonchev–Trinajstić information content (AvgIpc) is 2.30. The molecule has 1 rings (SSSR count). The van der Waals surface area contributed by atoms with Gasteiger partial charge in [0.2, 0.25) is 0 Å². The summed E-state index contributed by atoms with van der Waals surface area (Å²) in [5, 5.41) is 0. The van der Waals surface area contributed by atoms with E-state index in [-0.39, 0.29) is 0 Å². The molecule has 1 aromatic rings. The normalized spacial score (nSPS) is 12.3. The first-order chi connectivity index (χ1) is 8.13. The molecule has 96 valence electrons. The molecule has 1 unspecified atom stereocenters. The molecule has 17 heavy (non-hydrogen) atoms. The number of rotatable bonds is 6. The molecule has 3 heteroatoms. The van der Waals surface area contributed by atoms with Crippen molar-refractivity contribution < 1.29 is 9.47 Å². The van der Waals surface area contributed by atoms with Crippen LogP contribution in [0.1, 0.15) is 24.5 Å². The van der Waals surface area contributed by atoms with Gasteiger partial charge in [-0.05, 0) is 43.9 Å². The molecule has 0 heterocycles. The van der Waals surface area contributed by atoms with E-state index in [0.29, 0.717) is 5.92 Å². The topological polar surface area (TPSA) is 44.5 Å². The summed E-state index contributed by atoms with van der Waals surface area (Å²) in [6.45, 7) is 4.97. The lowest BCUT2D eigenvalue weighted by Crippen LogP contribution is -2.09. The summed E-state index contributed by atoms with van der Waals surface area (Å²) in [6.07, 6.45) is 2.03. The summed E-state index contributed by atoms with van der Waals surface area (Å²) >= 11 is 0. The summed E-state index contributed by atoms with van der Waals surface area (Å²) in [5.74, 6) is 2.38. The van der Waals surface area contributed by atoms with E-state index in [1.807, 2.05) is 13.0 Å². The van der Waals surface area contributed by atoms with Gasteiger partial charge in [-0.15, -0.1) is 0 Å². The van der Waals surface area contributed by atoms with Crippen molar-refractivity contribution in [3.8, 4) is 11.5 Å². The molecule has 1 atom stereocenters. The lowest BCUT2D eigenvalue weighted by Gasteiger charge is -2.17. The van der Waals surface area contributed by atoms with E-state index in [9.17, 15) is 0 Å². The second kappa shape index (κ2) is 6.50. The lowest BCUT2D eigenvalue weighted by molar-refractivity contribution is 0.382. The van der Waals surface area contributed by atoms with Crippen LogP contribution in [0.3, 0.4) is 0 Å². The maximum Gasteiger partial charge on any atom is 0.128 e. The van der Waals surface area contributed by atoms with Crippen LogP contribution in [0.15, 0.2) is 12.1 Å². The third-order valence-corrected chi connectivity index (χ3v) is 3.09. The van der Waals surface area contributed by atoms with Gasteiger partial charge in [0.05, 0.1) is 14.2 Å². The monoisotopic (exact) mass is 237 g/mol. The zero-order valence-electron chi connectivity index (χ0n) is 11.2. The second-order valence-corrected chi connectivity index (χ2v) is 4.47. The van der Waals surface area contributed by atoms with E-state index < -0.39 is 0 Å². The highest BCUT2D eigenvalue weighted by Crippen LogP contribution is 2.32. The Morgan fingerprint density at radius 2 is 1.94 bits per heavy atom. The Labute approximate surface area is 104 Å². The van der Waals surface area contributed by atoms with Crippen molar-refractivity contribution in [1.29, 1.82) is 0 Å². The number of hydrogen-bond acceptors (Lipinski definition) is 3. The predicted octanol–water partition coefficient (Wildman–Crippen LogP) is 2.54. The third kappa shape index (κ3) is 3.37. The van der Waals surface area contributed by atoms with Crippen LogP contribution < -0.4 is 15.2 Å². The van der Waals surface area contributed by atoms with Crippen LogP contribution in [0.5, 0.6) is 11.5 Å². The molecule has 0 aromatic heterocycles. The molecule has 0 fully saturated rings. The Morgan fingerprint density at radius 3 is 2.47 bits per heavy atom. The predicted molar refractivity (Wildman–Crippen MR) is 70.8 cm³/mol. The fraction of sp³-hybridized carbons (Fsp3) is 0.571. The number of ether oxygens (including phenoxy) is 2. The first-order valence-corrected chi connectivity index (χ1v) is 6.04. The number of hydrogen-bond donors (Lipinski definition) is 1. The standard InChI is InChI=1S/C14H23NO2/c1-10(7-8-15)9-12-5-6-13(16-3)11(2)14(12)17-4/h5-6,10H,7-9,15H2,1-4H3. The Kier molecular flexibility index (Phi) is 5.29. The SMILES string of the molecule is COc1ccc(CC(C)CCN)c(OC)c1C. The zero-order valence-corrected chi connectivity index (χ0v) is 11.2. The van der Waals surface area contributed by atoms with Crippen LogP contribution in [0.4, 0.5) is 0 Å². The quantitative estimate of drug-likeness (QED) is 0.827. The highest BCUT2D eigenvalue weighted by Gasteiger charge is 2.13. The number of methoxy groups -OCH3 is 2. The van der Waals surface area contributed by atoms with Gasteiger partial charge in [-0.2, -0.15) is 0 Å². The fourth-order valence-electron chi connectivity index (χ4n) is 2.16. The Bertz CT molecular complexity index is 363. The first-order valence-electron chi connectivity index (χ1n) is 6.04. The van der Waals surface area contributed by atoms with E-state index in [1.54, 1.807) is 14.2 Å². The molecule has 0 aliphatic carbocycles. The van der Waals surface area contributed by atoms with Crippen molar-refractivity contribution in [2.75, 3.05) is 20.8 Å². The molecule has 0 aliphatic rings. The summed E-state index contributed by atoms with van der Waals surface area (Å²) < 4.78 is 10.8. The number of benzene rings is 1. The smallest absolute Gasteiger partial charge is 0.128 e. The summed E-state index contributed by atoms with van der Waals surface area (Å²) in [5.41, 5.74) is 7.87. The Balaban J connectivity index is 2.96. The molecule has 0 spiro atoms. The highest BCUT2D eigenvalue weighted by molar-refractivity contribution is 5.49. The van der Waals surface area contributed by atoms with Crippen LogP contribution in [-0.4, -0.2) is 20.8 Å². The molecule has 0 saturated heterocycles. The van der Waals surface area contributed by atoms with Crippen molar-refractivity contribution in [1.82, 2.24) is 0 Å². The molecule has 0 bridgehead atoms. The van der Waals surface area contributed by atoms with Crippen LogP contribution >= 0.6 is 0 Å². The van der Waals surface area contributed by atoms with Crippen molar-refractivity contribution in [2.24, 2.45) is 11.7 Å². The minimum Gasteiger partial charge on any atom is -0.496 e. The van der Waals surface area contributed by atoms with Crippen molar-refractivity contribution in [2.45, 2.75) is 26.7 Å². The molecule has 0 saturated carbocycles. The maximum absolute atomic E-state index is 5.58. The third-order valence-electron chi connectivity index (χ3n) is 3.09. The second-order valence-electron chi connectivity index (χ2n) is 4.47. The van der Waals surface area contributed by atoms with E-state index in [0.717, 1.165) is 36.4 Å². The zero-order chi connectivity index (χ0) is 12.8. The van der Waals surface area contributed by atoms with Gasteiger partial charge in [0, 0.05) is 5.56 Å². The van der Waals surface area contributed by atoms with Gasteiger partial charge in [0.25, 0.3) is 0 Å². The van der Waals surface area contributed by atoms with E-state index in [4.69, 9.17) is 15.2 Å². The summed E-state index contributed by atoms with van der Waals surface area (Å²) in [7, 11) is 3.39. The molecule has 0 radical (unpaired) electrons. The molecular weight excluding hydrogens is 214 g/mol. The highest BCUT2D eigenvalue weighted by atomic mass is 16.5. The molecule has 0 aliphatic heterocycles. The maximum atomic E-state index is 5.58. The number of nitrogens with two attached hydrogens (primary N) is 1. The van der Waals surface area contributed by atoms with Crippen LogP contribution in [-0.2, 0) is 6.42 Å². The fourth-order valence-corrected chi connectivity index (χ4v) is 2.16. The van der Waals surface area contributed by atoms with Crippen molar-refractivity contribution in [3.05, 3.63) is 23.3 Å². The van der Waals surface area contributed by atoms with Crippen LogP contribution in [0.2, 0.25) is 0 Å². The van der Waals surface area contributed by atoms with Gasteiger partial charge in [-0.25, -0.2) is 0 Å². The molecule has 3 nitrogen and oxygen atoms in total. The molecule has 1 aromatic carbocycles. The van der Waals surface area contributed by atoms with Gasteiger partial charge < -0.3 is 15.2 Å². The van der Waals surface area contributed by atoms with Gasteiger partial charge in [0.1, 0.15) is 11.5 Å². The van der Waals surface area contributed by atoms with Crippen molar-refractivity contribution in [3.63, 3.8) is 0 Å². The minimum absolute atomic E-state index is 0.571. The minimum atomic E-state index is 0.571. The van der Waals surface area contributed by atoms with Crippen LogP contribution in [0, 0.1) is 12.8 Å². The van der Waals surface area contributed by atoms with E-state index in [1.165, 1.54) is 5.56 Å². The van der Waals surface area contributed by atoms with Crippen LogP contribution in [0.25, 0.3) is 0 Å². The molecule has 2 N–H and O–H groups in total. The summed E-state index contributed by atoms with van der Waals surface area (Å²) in [4.78, 5) is 0. The van der Waals surface area contributed by atoms with Gasteiger partial charge in [0.15, 0.2) is 0 Å². The molecular formula is C14H23NO2. The van der Waals surface area contributed by atoms with Gasteiger partial charge in [-0.3, -0.25) is 0 Å². The molecule has 0 amide bonds. The first kappa shape index (κ1) is 13.8.